The van der Waals surface area contributed by atoms with Crippen molar-refractivity contribution in [3.05, 3.63) is 22.7 Å². The van der Waals surface area contributed by atoms with Crippen LogP contribution in [0.15, 0.2) is 6.20 Å². The summed E-state index contributed by atoms with van der Waals surface area (Å²) in [5, 5.41) is 13.8. The van der Waals surface area contributed by atoms with Crippen molar-refractivity contribution >= 4 is 11.3 Å². The average molecular weight is 249 g/mol. The van der Waals surface area contributed by atoms with Gasteiger partial charge in [0.15, 0.2) is 11.6 Å². The molecule has 0 aliphatic carbocycles. The summed E-state index contributed by atoms with van der Waals surface area (Å²) in [5.41, 5.74) is 3.96. The second-order valence-corrected chi connectivity index (χ2v) is 4.68. The first-order valence-electron chi connectivity index (χ1n) is 5.31. The number of hydrogen-bond donors (Lipinski definition) is 1. The predicted octanol–water partition coefficient (Wildman–Crippen LogP) is 0.461. The third-order valence-corrected chi connectivity index (χ3v) is 3.10. The van der Waals surface area contributed by atoms with Crippen molar-refractivity contribution in [3.63, 3.8) is 0 Å². The highest BCUT2D eigenvalue weighted by Crippen LogP contribution is 2.19. The van der Waals surface area contributed by atoms with Gasteiger partial charge in [-0.3, -0.25) is 0 Å². The number of nitriles is 1. The summed E-state index contributed by atoms with van der Waals surface area (Å²) in [6.45, 7) is 3.96. The van der Waals surface area contributed by atoms with Gasteiger partial charge in [-0.1, -0.05) is 18.3 Å². The van der Waals surface area contributed by atoms with Crippen molar-refractivity contribution in [3.8, 4) is 11.2 Å². The zero-order valence-corrected chi connectivity index (χ0v) is 10.5. The summed E-state index contributed by atoms with van der Waals surface area (Å²) < 4.78 is 1.68. The van der Waals surface area contributed by atoms with Crippen molar-refractivity contribution in [1.82, 2.24) is 19.7 Å². The Morgan fingerprint density at radius 3 is 2.94 bits per heavy atom. The summed E-state index contributed by atoms with van der Waals surface area (Å²) in [4.78, 5) is 9.16. The summed E-state index contributed by atoms with van der Waals surface area (Å²) in [6.07, 6.45) is 2.31. The molecule has 2 heterocycles. The van der Waals surface area contributed by atoms with Gasteiger partial charge < -0.3 is 5.73 Å². The Hall–Kier alpha value is -1.78. The summed E-state index contributed by atoms with van der Waals surface area (Å²) in [5.74, 6) is 1.55. The van der Waals surface area contributed by atoms with E-state index in [1.807, 2.05) is 13.8 Å². The van der Waals surface area contributed by atoms with E-state index < -0.39 is 0 Å². The molecule has 88 valence electrons. The minimum absolute atomic E-state index is 0.0252. The van der Waals surface area contributed by atoms with Crippen LogP contribution in [0.25, 0.3) is 5.13 Å². The third-order valence-electron chi connectivity index (χ3n) is 2.22. The highest BCUT2D eigenvalue weighted by Gasteiger charge is 2.18. The Balaban J connectivity index is 2.50. The monoisotopic (exact) mass is 249 g/mol. The summed E-state index contributed by atoms with van der Waals surface area (Å²) in [6, 6.07) is 2.09. The first-order chi connectivity index (χ1) is 8.15. The predicted molar refractivity (Wildman–Crippen MR) is 62.4 cm³/mol. The van der Waals surface area contributed by atoms with Gasteiger partial charge in [0.25, 0.3) is 0 Å². The summed E-state index contributed by atoms with van der Waals surface area (Å²) >= 11 is 1.30. The molecule has 0 bridgehead atoms. The molecule has 0 fully saturated rings. The van der Waals surface area contributed by atoms with Crippen LogP contribution in [0.1, 0.15) is 36.4 Å². The second kappa shape index (κ2) is 4.61. The first-order valence-corrected chi connectivity index (χ1v) is 6.12. The molecule has 0 saturated heterocycles. The Labute approximate surface area is 103 Å². The fourth-order valence-electron chi connectivity index (χ4n) is 1.39. The number of rotatable bonds is 3. The molecular weight excluding hydrogens is 236 g/mol. The van der Waals surface area contributed by atoms with E-state index in [0.717, 1.165) is 18.1 Å². The van der Waals surface area contributed by atoms with Gasteiger partial charge in [-0.15, -0.1) is 5.10 Å². The third kappa shape index (κ3) is 2.18. The van der Waals surface area contributed by atoms with E-state index in [2.05, 4.69) is 26.9 Å². The van der Waals surface area contributed by atoms with Gasteiger partial charge in [0.05, 0.1) is 6.20 Å². The Bertz CT molecular complexity index is 562. The number of aryl methyl sites for hydroxylation is 1. The maximum Gasteiger partial charge on any atom is 0.213 e. The maximum atomic E-state index is 8.79. The average Bonchev–Trinajstić information content (AvgIpc) is 2.94. The van der Waals surface area contributed by atoms with Gasteiger partial charge in [0.1, 0.15) is 17.0 Å². The Morgan fingerprint density at radius 1 is 1.65 bits per heavy atom. The molecule has 17 heavy (non-hydrogen) atoms. The van der Waals surface area contributed by atoms with Crippen LogP contribution in [-0.4, -0.2) is 19.7 Å². The Morgan fingerprint density at radius 2 is 2.41 bits per heavy atom. The SMILES string of the molecule is CCc1nc([C@H](C)[NH3+])n(-c2ncc(C#N)s2)n1. The lowest BCUT2D eigenvalue weighted by atomic mass is 10.3. The quantitative estimate of drug-likeness (QED) is 0.854. The largest absolute Gasteiger partial charge is 0.349 e. The van der Waals surface area contributed by atoms with Crippen LogP contribution in [0.3, 0.4) is 0 Å². The van der Waals surface area contributed by atoms with E-state index >= 15 is 0 Å². The molecular formula is C10H13N6S+. The molecule has 0 aliphatic rings. The van der Waals surface area contributed by atoms with Crippen LogP contribution >= 0.6 is 11.3 Å². The number of thiazole rings is 1. The van der Waals surface area contributed by atoms with Gasteiger partial charge in [0.2, 0.25) is 5.13 Å². The molecule has 0 radical (unpaired) electrons. The molecule has 1 atom stereocenters. The molecule has 0 aliphatic heterocycles. The number of aromatic nitrogens is 4. The smallest absolute Gasteiger partial charge is 0.213 e. The fraction of sp³-hybridized carbons (Fsp3) is 0.400. The van der Waals surface area contributed by atoms with Crippen LogP contribution in [0.2, 0.25) is 0 Å². The molecule has 2 rings (SSSR count). The standard InChI is InChI=1S/C10H12N6S/c1-3-8-14-9(6(2)12)16(15-8)10-13-5-7(4-11)17-10/h5-6H,3,12H2,1-2H3/p+1/t6-/m0/s1. The van der Waals surface area contributed by atoms with Gasteiger partial charge in [-0.05, 0) is 6.92 Å². The number of quaternary nitrogens is 1. The van der Waals surface area contributed by atoms with Crippen molar-refractivity contribution in [2.24, 2.45) is 0 Å². The highest BCUT2D eigenvalue weighted by atomic mass is 32.1. The van der Waals surface area contributed by atoms with Gasteiger partial charge in [-0.25, -0.2) is 9.97 Å². The molecule has 0 aromatic carbocycles. The topological polar surface area (TPSA) is 95.0 Å². The second-order valence-electron chi connectivity index (χ2n) is 3.67. The number of hydrogen-bond acceptors (Lipinski definition) is 5. The van der Waals surface area contributed by atoms with Crippen LogP contribution < -0.4 is 5.73 Å². The molecule has 0 saturated carbocycles. The Kier molecular flexibility index (Phi) is 3.17. The number of nitrogens with zero attached hydrogens (tertiary/aromatic N) is 5. The van der Waals surface area contributed by atoms with E-state index in [4.69, 9.17) is 5.26 Å². The normalized spacial score (nSPS) is 12.4. The van der Waals surface area contributed by atoms with E-state index in [-0.39, 0.29) is 6.04 Å². The van der Waals surface area contributed by atoms with Crippen LogP contribution in [0.4, 0.5) is 0 Å². The molecule has 7 heteroatoms. The van der Waals surface area contributed by atoms with Gasteiger partial charge in [-0.2, -0.15) is 9.94 Å². The summed E-state index contributed by atoms with van der Waals surface area (Å²) in [7, 11) is 0. The van der Waals surface area contributed by atoms with Gasteiger partial charge in [0, 0.05) is 6.42 Å². The van der Waals surface area contributed by atoms with Crippen molar-refractivity contribution in [2.45, 2.75) is 26.3 Å². The van der Waals surface area contributed by atoms with Crippen molar-refractivity contribution in [1.29, 1.82) is 5.26 Å². The van der Waals surface area contributed by atoms with E-state index in [1.165, 1.54) is 11.3 Å². The molecule has 0 unspecified atom stereocenters. The minimum atomic E-state index is 0.0252. The maximum absolute atomic E-state index is 8.79. The molecule has 6 nitrogen and oxygen atoms in total. The molecule has 2 aromatic heterocycles. The van der Waals surface area contributed by atoms with Crippen LogP contribution in [0.5, 0.6) is 0 Å². The highest BCUT2D eigenvalue weighted by molar-refractivity contribution is 7.14. The van der Waals surface area contributed by atoms with E-state index in [9.17, 15) is 0 Å². The van der Waals surface area contributed by atoms with Crippen LogP contribution in [-0.2, 0) is 6.42 Å². The lowest BCUT2D eigenvalue weighted by Gasteiger charge is -2.01. The molecule has 0 spiro atoms. The first kappa shape index (κ1) is 11.7. The zero-order valence-electron chi connectivity index (χ0n) is 9.71. The minimum Gasteiger partial charge on any atom is -0.349 e. The van der Waals surface area contributed by atoms with E-state index in [0.29, 0.717) is 10.0 Å². The lowest BCUT2D eigenvalue weighted by molar-refractivity contribution is -0.422. The molecule has 2 aromatic rings. The van der Waals surface area contributed by atoms with Gasteiger partial charge >= 0.3 is 0 Å². The van der Waals surface area contributed by atoms with Crippen molar-refractivity contribution < 1.29 is 5.73 Å². The lowest BCUT2D eigenvalue weighted by Crippen LogP contribution is -2.52. The van der Waals surface area contributed by atoms with E-state index in [1.54, 1.807) is 10.9 Å². The zero-order chi connectivity index (χ0) is 12.4. The molecule has 3 N–H and O–H groups in total. The van der Waals surface area contributed by atoms with Crippen molar-refractivity contribution in [2.75, 3.05) is 0 Å². The van der Waals surface area contributed by atoms with Crippen LogP contribution in [0, 0.1) is 11.3 Å². The fourth-order valence-corrected chi connectivity index (χ4v) is 2.07. The molecule has 0 amide bonds.